The highest BCUT2D eigenvalue weighted by Crippen LogP contribution is 2.44. The summed E-state index contributed by atoms with van der Waals surface area (Å²) in [4.78, 5) is 48.1. The molecule has 0 radical (unpaired) electrons. The topological polar surface area (TPSA) is 131 Å². The lowest BCUT2D eigenvalue weighted by Crippen LogP contribution is -2.57. The van der Waals surface area contributed by atoms with E-state index in [2.05, 4.69) is 27.5 Å². The van der Waals surface area contributed by atoms with E-state index in [1.54, 1.807) is 0 Å². The molecule has 1 fully saturated rings. The summed E-state index contributed by atoms with van der Waals surface area (Å²) in [6, 6.07) is 14.7. The van der Waals surface area contributed by atoms with Crippen molar-refractivity contribution in [2.24, 2.45) is 0 Å². The molecule has 1 atom stereocenters. The van der Waals surface area contributed by atoms with Crippen molar-refractivity contribution in [3.05, 3.63) is 59.7 Å². The Hall–Kier alpha value is -3.88. The van der Waals surface area contributed by atoms with E-state index in [4.69, 9.17) is 4.74 Å². The number of carbonyl (C=O) groups is 4. The molecule has 3 N–H and O–H groups in total. The van der Waals surface area contributed by atoms with Gasteiger partial charge in [-0.15, -0.1) is 0 Å². The number of benzene rings is 2. The molecule has 2 aliphatic rings. The second kappa shape index (κ2) is 10.2. The first-order chi connectivity index (χ1) is 16.8. The molecular weight excluding hydrogens is 452 g/mol. The van der Waals surface area contributed by atoms with E-state index in [-0.39, 0.29) is 18.9 Å². The first-order valence-corrected chi connectivity index (χ1v) is 11.5. The highest BCUT2D eigenvalue weighted by Gasteiger charge is 2.42. The zero-order chi connectivity index (χ0) is 25.0. The van der Waals surface area contributed by atoms with Gasteiger partial charge < -0.3 is 25.2 Å². The van der Waals surface area contributed by atoms with Crippen LogP contribution in [0.5, 0.6) is 0 Å². The molecule has 9 heteroatoms. The number of fused-ring (bicyclic) bond motifs is 3. The van der Waals surface area contributed by atoms with E-state index in [0.717, 1.165) is 35.8 Å². The summed E-state index contributed by atoms with van der Waals surface area (Å²) in [6.07, 6.45) is 0.746. The van der Waals surface area contributed by atoms with Crippen molar-refractivity contribution in [2.45, 2.75) is 49.6 Å². The van der Waals surface area contributed by atoms with E-state index in [9.17, 15) is 24.3 Å². The lowest BCUT2D eigenvalue weighted by molar-refractivity contribution is -0.149. The summed E-state index contributed by atoms with van der Waals surface area (Å²) in [5.74, 6) is -2.73. The van der Waals surface area contributed by atoms with Gasteiger partial charge in [0.15, 0.2) is 0 Å². The van der Waals surface area contributed by atoms with Gasteiger partial charge in [0, 0.05) is 12.3 Å². The molecular formula is C26H28N2O7. The monoisotopic (exact) mass is 480 g/mol. The Morgan fingerprint density at radius 1 is 1.03 bits per heavy atom. The number of hydrogen-bond donors (Lipinski definition) is 3. The van der Waals surface area contributed by atoms with Gasteiger partial charge in [0.05, 0.1) is 19.1 Å². The summed E-state index contributed by atoms with van der Waals surface area (Å²) in [5.41, 5.74) is 3.66. The fraction of sp³-hybridized carbons (Fsp3) is 0.385. The number of hydrogen-bond acceptors (Lipinski definition) is 6. The number of ether oxygens (including phenoxy) is 2. The number of esters is 1. The van der Waals surface area contributed by atoms with E-state index in [1.165, 1.54) is 0 Å². The van der Waals surface area contributed by atoms with Gasteiger partial charge in [-0.3, -0.25) is 9.59 Å². The van der Waals surface area contributed by atoms with Crippen LogP contribution in [0.1, 0.15) is 49.1 Å². The van der Waals surface area contributed by atoms with Gasteiger partial charge in [-0.25, -0.2) is 9.59 Å². The molecule has 2 aliphatic carbocycles. The highest BCUT2D eigenvalue weighted by molar-refractivity contribution is 5.88. The van der Waals surface area contributed by atoms with Crippen LogP contribution in [0.25, 0.3) is 11.1 Å². The Morgan fingerprint density at radius 3 is 2.14 bits per heavy atom. The van der Waals surface area contributed by atoms with Crippen molar-refractivity contribution in [1.29, 1.82) is 0 Å². The van der Waals surface area contributed by atoms with Crippen LogP contribution in [0.3, 0.4) is 0 Å². The first kappa shape index (κ1) is 24.3. The number of carboxylic acids is 1. The molecule has 2 amide bonds. The molecule has 0 saturated heterocycles. The zero-order valence-electron chi connectivity index (χ0n) is 19.4. The fourth-order valence-electron chi connectivity index (χ4n) is 4.80. The van der Waals surface area contributed by atoms with E-state index in [1.807, 2.05) is 36.4 Å². The quantitative estimate of drug-likeness (QED) is 0.470. The standard InChI is InChI=1S/C26H28N2O7/c1-34-23(30)13-21(24(31)32)27-22(29)14-26(11-6-12-26)28-25(33)35-15-20-18-9-4-2-7-16(18)17-8-3-5-10-19(17)20/h2-5,7-10,20-21H,6,11-15H2,1H3,(H,27,29)(H,28,33)(H,31,32)/t21-/m0/s1. The minimum absolute atomic E-state index is 0.0802. The molecule has 1 saturated carbocycles. The predicted molar refractivity (Wildman–Crippen MR) is 126 cm³/mol. The molecule has 184 valence electrons. The number of amides is 2. The molecule has 2 aromatic carbocycles. The maximum Gasteiger partial charge on any atom is 0.407 e. The third-order valence-electron chi connectivity index (χ3n) is 6.75. The molecule has 0 bridgehead atoms. The molecule has 0 heterocycles. The SMILES string of the molecule is COC(=O)C[C@H](NC(=O)CC1(NC(=O)OCC2c3ccccc3-c3ccccc32)CCC1)C(=O)O. The van der Waals surface area contributed by atoms with Crippen LogP contribution >= 0.6 is 0 Å². The molecule has 0 spiro atoms. The van der Waals surface area contributed by atoms with Crippen LogP contribution in [0.15, 0.2) is 48.5 Å². The van der Waals surface area contributed by atoms with Crippen molar-refractivity contribution >= 4 is 23.9 Å². The molecule has 2 aromatic rings. The Kier molecular flexibility index (Phi) is 7.04. The summed E-state index contributed by atoms with van der Waals surface area (Å²) in [6.45, 7) is 0.155. The molecule has 0 aliphatic heterocycles. The normalized spacial score (nSPS) is 16.1. The van der Waals surface area contributed by atoms with Crippen molar-refractivity contribution in [3.8, 4) is 11.1 Å². The van der Waals surface area contributed by atoms with Crippen molar-refractivity contribution < 1.29 is 33.8 Å². The average Bonchev–Trinajstić information content (AvgIpc) is 3.14. The predicted octanol–water partition coefficient (Wildman–Crippen LogP) is 2.97. The molecule has 0 unspecified atom stereocenters. The summed E-state index contributed by atoms with van der Waals surface area (Å²) in [7, 11) is 1.14. The number of nitrogens with one attached hydrogen (secondary N) is 2. The summed E-state index contributed by atoms with van der Waals surface area (Å²) in [5, 5.41) is 14.5. The van der Waals surface area contributed by atoms with Crippen LogP contribution in [-0.2, 0) is 23.9 Å². The number of alkyl carbamates (subject to hydrolysis) is 1. The zero-order valence-corrected chi connectivity index (χ0v) is 19.4. The average molecular weight is 481 g/mol. The lowest BCUT2D eigenvalue weighted by Gasteiger charge is -2.41. The largest absolute Gasteiger partial charge is 0.480 e. The first-order valence-electron chi connectivity index (χ1n) is 11.5. The van der Waals surface area contributed by atoms with Gasteiger partial charge in [-0.1, -0.05) is 48.5 Å². The second-order valence-electron chi connectivity index (χ2n) is 9.00. The Bertz CT molecular complexity index is 1100. The fourth-order valence-corrected chi connectivity index (χ4v) is 4.80. The van der Waals surface area contributed by atoms with E-state index in [0.29, 0.717) is 12.8 Å². The maximum absolute atomic E-state index is 12.7. The van der Waals surface area contributed by atoms with Crippen LogP contribution < -0.4 is 10.6 Å². The van der Waals surface area contributed by atoms with Crippen LogP contribution in [0.2, 0.25) is 0 Å². The van der Waals surface area contributed by atoms with Crippen molar-refractivity contribution in [1.82, 2.24) is 10.6 Å². The van der Waals surface area contributed by atoms with Gasteiger partial charge in [0.1, 0.15) is 12.6 Å². The number of carboxylic acid groups (broad SMARTS) is 1. The van der Waals surface area contributed by atoms with Crippen LogP contribution in [-0.4, -0.2) is 54.3 Å². The molecule has 4 rings (SSSR count). The summed E-state index contributed by atoms with van der Waals surface area (Å²) >= 11 is 0. The summed E-state index contributed by atoms with van der Waals surface area (Å²) < 4.78 is 10.1. The van der Waals surface area contributed by atoms with Gasteiger partial charge in [-0.05, 0) is 41.5 Å². The van der Waals surface area contributed by atoms with E-state index >= 15 is 0 Å². The maximum atomic E-state index is 12.7. The number of rotatable bonds is 9. The molecule has 0 aromatic heterocycles. The minimum atomic E-state index is -1.40. The Balaban J connectivity index is 1.35. The smallest absolute Gasteiger partial charge is 0.407 e. The lowest BCUT2D eigenvalue weighted by atomic mass is 9.74. The number of methoxy groups -OCH3 is 1. The Morgan fingerprint density at radius 2 is 1.63 bits per heavy atom. The van der Waals surface area contributed by atoms with Gasteiger partial charge >= 0.3 is 18.0 Å². The van der Waals surface area contributed by atoms with Crippen LogP contribution in [0.4, 0.5) is 4.79 Å². The Labute approximate surface area is 202 Å². The van der Waals surface area contributed by atoms with Crippen molar-refractivity contribution in [3.63, 3.8) is 0 Å². The van der Waals surface area contributed by atoms with Gasteiger partial charge in [0.25, 0.3) is 0 Å². The number of carbonyl (C=O) groups excluding carboxylic acids is 3. The van der Waals surface area contributed by atoms with Crippen molar-refractivity contribution in [2.75, 3.05) is 13.7 Å². The molecule has 9 nitrogen and oxygen atoms in total. The van der Waals surface area contributed by atoms with Gasteiger partial charge in [-0.2, -0.15) is 0 Å². The third kappa shape index (κ3) is 5.29. The number of aliphatic carboxylic acids is 1. The third-order valence-corrected chi connectivity index (χ3v) is 6.75. The highest BCUT2D eigenvalue weighted by atomic mass is 16.5. The molecule has 35 heavy (non-hydrogen) atoms. The van der Waals surface area contributed by atoms with Gasteiger partial charge in [0.2, 0.25) is 5.91 Å². The van der Waals surface area contributed by atoms with E-state index < -0.39 is 41.9 Å². The van der Waals surface area contributed by atoms with Crippen LogP contribution in [0, 0.1) is 0 Å². The minimum Gasteiger partial charge on any atom is -0.480 e. The second-order valence-corrected chi connectivity index (χ2v) is 9.00.